The molecule has 0 spiro atoms. The van der Waals surface area contributed by atoms with E-state index in [1.54, 1.807) is 19.1 Å². The Morgan fingerprint density at radius 3 is 2.41 bits per heavy atom. The number of benzene rings is 2. The second kappa shape index (κ2) is 5.31. The van der Waals surface area contributed by atoms with Gasteiger partial charge in [0.15, 0.2) is 5.15 Å². The van der Waals surface area contributed by atoms with Crippen molar-refractivity contribution >= 4 is 32.4 Å². The summed E-state index contributed by atoms with van der Waals surface area (Å²) in [5, 5.41) is 15.2. The van der Waals surface area contributed by atoms with Crippen LogP contribution in [0.4, 0.5) is 0 Å². The molecule has 0 unspecified atom stereocenters. The fraction of sp³-hybridized carbons (Fsp3) is 0.0667. The standard InChI is InChI=1S/C15H12ClN3O2S/c1-9-6-7-10(8-13(9)22(17,20)21)14-11-4-2-3-5-12(11)15(16)19-18-14/h2-8H,1H3,(H2,17,20,21). The van der Waals surface area contributed by atoms with E-state index in [0.29, 0.717) is 22.0 Å². The summed E-state index contributed by atoms with van der Waals surface area (Å²) in [5.41, 5.74) is 1.76. The van der Waals surface area contributed by atoms with Crippen molar-refractivity contribution in [2.45, 2.75) is 11.8 Å². The molecule has 0 aliphatic carbocycles. The monoisotopic (exact) mass is 333 g/mol. The van der Waals surface area contributed by atoms with Gasteiger partial charge in [-0.25, -0.2) is 13.6 Å². The number of fused-ring (bicyclic) bond motifs is 1. The molecule has 22 heavy (non-hydrogen) atoms. The van der Waals surface area contributed by atoms with E-state index >= 15 is 0 Å². The van der Waals surface area contributed by atoms with Crippen LogP contribution < -0.4 is 5.14 Å². The van der Waals surface area contributed by atoms with Crippen molar-refractivity contribution in [1.82, 2.24) is 10.2 Å². The summed E-state index contributed by atoms with van der Waals surface area (Å²) < 4.78 is 23.4. The molecule has 0 saturated carbocycles. The van der Waals surface area contributed by atoms with Gasteiger partial charge in [0.05, 0.1) is 4.90 Å². The van der Waals surface area contributed by atoms with Crippen molar-refractivity contribution in [2.24, 2.45) is 5.14 Å². The smallest absolute Gasteiger partial charge is 0.225 e. The fourth-order valence-electron chi connectivity index (χ4n) is 2.34. The number of nitrogens with zero attached hydrogens (tertiary/aromatic N) is 2. The summed E-state index contributed by atoms with van der Waals surface area (Å²) in [6, 6.07) is 12.4. The quantitative estimate of drug-likeness (QED) is 0.781. The van der Waals surface area contributed by atoms with E-state index in [2.05, 4.69) is 10.2 Å². The van der Waals surface area contributed by atoms with Crippen LogP contribution in [0.5, 0.6) is 0 Å². The molecule has 2 aromatic carbocycles. The molecule has 0 fully saturated rings. The van der Waals surface area contributed by atoms with Crippen molar-refractivity contribution in [3.8, 4) is 11.3 Å². The minimum Gasteiger partial charge on any atom is -0.225 e. The highest BCUT2D eigenvalue weighted by atomic mass is 35.5. The minimum absolute atomic E-state index is 0.0748. The van der Waals surface area contributed by atoms with Crippen LogP contribution >= 0.6 is 11.6 Å². The third-order valence-corrected chi connectivity index (χ3v) is 4.74. The Balaban J connectivity index is 2.32. The van der Waals surface area contributed by atoms with E-state index < -0.39 is 10.0 Å². The maximum absolute atomic E-state index is 11.7. The lowest BCUT2D eigenvalue weighted by Crippen LogP contribution is -2.13. The SMILES string of the molecule is Cc1ccc(-c2nnc(Cl)c3ccccc23)cc1S(N)(=O)=O. The van der Waals surface area contributed by atoms with E-state index in [-0.39, 0.29) is 4.90 Å². The predicted molar refractivity (Wildman–Crippen MR) is 86.1 cm³/mol. The molecule has 0 aliphatic heterocycles. The Hall–Kier alpha value is -2.02. The van der Waals surface area contributed by atoms with Gasteiger partial charge in [-0.1, -0.05) is 48.0 Å². The van der Waals surface area contributed by atoms with Crippen LogP contribution in [0.3, 0.4) is 0 Å². The summed E-state index contributed by atoms with van der Waals surface area (Å²) >= 11 is 6.06. The molecule has 5 nitrogen and oxygen atoms in total. The maximum Gasteiger partial charge on any atom is 0.238 e. The van der Waals surface area contributed by atoms with Crippen molar-refractivity contribution in [3.63, 3.8) is 0 Å². The third-order valence-electron chi connectivity index (χ3n) is 3.41. The molecular weight excluding hydrogens is 322 g/mol. The molecule has 7 heteroatoms. The van der Waals surface area contributed by atoms with Gasteiger partial charge in [0.2, 0.25) is 10.0 Å². The first-order valence-corrected chi connectivity index (χ1v) is 8.35. The molecule has 1 heterocycles. The molecule has 1 aromatic heterocycles. The van der Waals surface area contributed by atoms with Crippen LogP contribution in [0.2, 0.25) is 5.15 Å². The van der Waals surface area contributed by atoms with E-state index in [0.717, 1.165) is 10.8 Å². The summed E-state index contributed by atoms with van der Waals surface area (Å²) in [7, 11) is -3.80. The van der Waals surface area contributed by atoms with Crippen molar-refractivity contribution in [2.75, 3.05) is 0 Å². The third kappa shape index (κ3) is 2.56. The van der Waals surface area contributed by atoms with Crippen molar-refractivity contribution in [3.05, 3.63) is 53.2 Å². The number of nitrogens with two attached hydrogens (primary N) is 1. The van der Waals surface area contributed by atoms with Crippen LogP contribution in [-0.4, -0.2) is 18.6 Å². The maximum atomic E-state index is 11.7. The number of aryl methyl sites for hydroxylation is 1. The van der Waals surface area contributed by atoms with Gasteiger partial charge in [0.1, 0.15) is 5.69 Å². The van der Waals surface area contributed by atoms with Crippen LogP contribution in [0.1, 0.15) is 5.56 Å². The van der Waals surface area contributed by atoms with E-state index in [4.69, 9.17) is 16.7 Å². The Kier molecular flexibility index (Phi) is 3.60. The molecular formula is C15H12ClN3O2S. The van der Waals surface area contributed by atoms with E-state index in [1.807, 2.05) is 24.3 Å². The molecule has 0 bridgehead atoms. The zero-order valence-corrected chi connectivity index (χ0v) is 13.2. The molecule has 3 aromatic rings. The highest BCUT2D eigenvalue weighted by molar-refractivity contribution is 7.89. The number of hydrogen-bond donors (Lipinski definition) is 1. The molecule has 0 amide bonds. The Labute approximate surface area is 132 Å². The predicted octanol–water partition coefficient (Wildman–Crippen LogP) is 2.91. The van der Waals surface area contributed by atoms with Gasteiger partial charge in [-0.15, -0.1) is 10.2 Å². The molecule has 0 aliphatic rings. The average molecular weight is 334 g/mol. The fourth-order valence-corrected chi connectivity index (χ4v) is 3.35. The summed E-state index contributed by atoms with van der Waals surface area (Å²) in [6.07, 6.45) is 0. The number of hydrogen-bond acceptors (Lipinski definition) is 4. The minimum atomic E-state index is -3.80. The number of aromatic nitrogens is 2. The molecule has 2 N–H and O–H groups in total. The van der Waals surface area contributed by atoms with Crippen molar-refractivity contribution in [1.29, 1.82) is 0 Å². The molecule has 0 atom stereocenters. The first-order chi connectivity index (χ1) is 10.4. The van der Waals surface area contributed by atoms with Gasteiger partial charge in [-0.2, -0.15) is 0 Å². The van der Waals surface area contributed by atoms with Crippen LogP contribution in [0.25, 0.3) is 22.0 Å². The average Bonchev–Trinajstić information content (AvgIpc) is 2.48. The van der Waals surface area contributed by atoms with Gasteiger partial charge in [-0.3, -0.25) is 0 Å². The zero-order chi connectivity index (χ0) is 15.9. The number of halogens is 1. The number of primary sulfonamides is 1. The Morgan fingerprint density at radius 1 is 1.05 bits per heavy atom. The van der Waals surface area contributed by atoms with Gasteiger partial charge in [-0.05, 0) is 18.6 Å². The summed E-state index contributed by atoms with van der Waals surface area (Å²) in [4.78, 5) is 0.0748. The van der Waals surface area contributed by atoms with Crippen molar-refractivity contribution < 1.29 is 8.42 Å². The first kappa shape index (κ1) is 14.9. The second-order valence-electron chi connectivity index (χ2n) is 4.91. The topological polar surface area (TPSA) is 85.9 Å². The highest BCUT2D eigenvalue weighted by Crippen LogP contribution is 2.31. The van der Waals surface area contributed by atoms with E-state index in [9.17, 15) is 8.42 Å². The number of sulfonamides is 1. The zero-order valence-electron chi connectivity index (χ0n) is 11.6. The van der Waals surface area contributed by atoms with Gasteiger partial charge < -0.3 is 0 Å². The molecule has 0 saturated heterocycles. The Bertz CT molecular complexity index is 987. The lowest BCUT2D eigenvalue weighted by Gasteiger charge is -2.09. The highest BCUT2D eigenvalue weighted by Gasteiger charge is 2.15. The van der Waals surface area contributed by atoms with Gasteiger partial charge >= 0.3 is 0 Å². The molecule has 3 rings (SSSR count). The normalized spacial score (nSPS) is 11.8. The van der Waals surface area contributed by atoms with Crippen LogP contribution in [0, 0.1) is 6.92 Å². The first-order valence-electron chi connectivity index (χ1n) is 6.42. The summed E-state index contributed by atoms with van der Waals surface area (Å²) in [5.74, 6) is 0. The van der Waals surface area contributed by atoms with E-state index in [1.165, 1.54) is 6.07 Å². The largest absolute Gasteiger partial charge is 0.238 e. The number of rotatable bonds is 2. The molecule has 112 valence electrons. The summed E-state index contributed by atoms with van der Waals surface area (Å²) in [6.45, 7) is 1.69. The Morgan fingerprint density at radius 2 is 1.73 bits per heavy atom. The molecule has 0 radical (unpaired) electrons. The van der Waals surface area contributed by atoms with Gasteiger partial charge in [0.25, 0.3) is 0 Å². The van der Waals surface area contributed by atoms with Crippen LogP contribution in [-0.2, 0) is 10.0 Å². The van der Waals surface area contributed by atoms with Crippen LogP contribution in [0.15, 0.2) is 47.4 Å². The lowest BCUT2D eigenvalue weighted by molar-refractivity contribution is 0.597. The lowest BCUT2D eigenvalue weighted by atomic mass is 10.0. The second-order valence-corrected chi connectivity index (χ2v) is 6.80. The van der Waals surface area contributed by atoms with Gasteiger partial charge in [0, 0.05) is 16.3 Å².